The largest absolute Gasteiger partial charge is 0.477 e. The molecule has 3 heterocycles. The first-order valence-corrected chi connectivity index (χ1v) is 16.6. The second-order valence-corrected chi connectivity index (χ2v) is 12.7. The lowest BCUT2D eigenvalue weighted by Crippen LogP contribution is -2.69. The van der Waals surface area contributed by atoms with Gasteiger partial charge in [0.15, 0.2) is 12.6 Å². The van der Waals surface area contributed by atoms with Crippen molar-refractivity contribution in [2.75, 3.05) is 26.4 Å². The summed E-state index contributed by atoms with van der Waals surface area (Å²) in [6, 6.07) is -2.70. The first-order chi connectivity index (χ1) is 24.5. The fourth-order valence-corrected chi connectivity index (χ4v) is 6.09. The highest BCUT2D eigenvalue weighted by molar-refractivity contribution is 5.76. The van der Waals surface area contributed by atoms with Gasteiger partial charge in [-0.2, -0.15) is 0 Å². The van der Waals surface area contributed by atoms with Gasteiger partial charge in [0.1, 0.15) is 61.0 Å². The van der Waals surface area contributed by atoms with E-state index in [1.165, 1.54) is 6.92 Å². The predicted octanol–water partition coefficient (Wildman–Crippen LogP) is -4.94. The molecule has 0 aromatic rings. The average molecular weight is 756 g/mol. The molecule has 23 nitrogen and oxygen atoms in total. The third-order valence-electron chi connectivity index (χ3n) is 8.83. The zero-order valence-corrected chi connectivity index (χ0v) is 28.7. The van der Waals surface area contributed by atoms with Crippen molar-refractivity contribution < 1.29 is 88.8 Å². The Morgan fingerprint density at radius 3 is 2.17 bits per heavy atom. The summed E-state index contributed by atoms with van der Waals surface area (Å²) < 4.78 is 33.9. The Morgan fingerprint density at radius 1 is 0.962 bits per heavy atom. The smallest absolute Gasteiger partial charge is 0.364 e. The van der Waals surface area contributed by atoms with Gasteiger partial charge in [0.2, 0.25) is 11.8 Å². The molecule has 3 saturated heterocycles. The normalized spacial score (nSPS) is 39.1. The van der Waals surface area contributed by atoms with Gasteiger partial charge in [0, 0.05) is 38.3 Å². The van der Waals surface area contributed by atoms with Gasteiger partial charge in [0.05, 0.1) is 31.5 Å². The molecule has 3 rings (SSSR count). The molecule has 5 unspecified atom stereocenters. The van der Waals surface area contributed by atoms with E-state index in [9.17, 15) is 60.3 Å². The van der Waals surface area contributed by atoms with E-state index in [1.54, 1.807) is 0 Å². The van der Waals surface area contributed by atoms with Crippen LogP contribution in [-0.2, 0) is 42.8 Å². The lowest BCUT2D eigenvalue weighted by molar-refractivity contribution is -0.360. The zero-order valence-electron chi connectivity index (χ0n) is 28.7. The number of aliphatic carboxylic acids is 1. The molecule has 0 aliphatic carbocycles. The number of hydrogen-bond donors (Lipinski definition) is 11. The van der Waals surface area contributed by atoms with E-state index in [4.69, 9.17) is 34.0 Å². The van der Waals surface area contributed by atoms with E-state index in [-0.39, 0.29) is 26.0 Å². The van der Waals surface area contributed by atoms with Gasteiger partial charge in [-0.15, -0.1) is 0 Å². The molecular formula is C29H49N5O18. The maximum Gasteiger partial charge on any atom is 0.364 e. The summed E-state index contributed by atoms with van der Waals surface area (Å²) in [4.78, 5) is 39.0. The molecule has 11 N–H and O–H groups in total. The van der Waals surface area contributed by atoms with E-state index in [0.29, 0.717) is 0 Å². The number of aliphatic hydroxyl groups excluding tert-OH is 8. The Bertz CT molecular complexity index is 1250. The zero-order chi connectivity index (χ0) is 38.9. The Hall–Kier alpha value is -2.84. The van der Waals surface area contributed by atoms with Crippen LogP contribution in [0.15, 0.2) is 5.11 Å². The van der Waals surface area contributed by atoms with E-state index >= 15 is 0 Å². The number of aliphatic hydroxyl groups is 8. The van der Waals surface area contributed by atoms with Crippen molar-refractivity contribution in [1.82, 2.24) is 10.6 Å². The molecule has 2 amide bonds. The van der Waals surface area contributed by atoms with Gasteiger partial charge >= 0.3 is 5.97 Å². The van der Waals surface area contributed by atoms with Gasteiger partial charge in [-0.05, 0) is 18.4 Å². The summed E-state index contributed by atoms with van der Waals surface area (Å²) in [5.74, 6) is -5.87. The number of carbonyl (C=O) groups excluding carboxylic acids is 2. The molecule has 0 aromatic carbocycles. The fraction of sp³-hybridized carbons (Fsp3) is 0.897. The van der Waals surface area contributed by atoms with Crippen molar-refractivity contribution >= 4 is 17.8 Å². The molecule has 0 saturated carbocycles. The van der Waals surface area contributed by atoms with Gasteiger partial charge in [-0.1, -0.05) is 12.0 Å². The van der Waals surface area contributed by atoms with Crippen LogP contribution < -0.4 is 10.6 Å². The van der Waals surface area contributed by atoms with Crippen molar-refractivity contribution in [1.29, 1.82) is 0 Å². The lowest BCUT2D eigenvalue weighted by atomic mass is 9.88. The number of nitrogens with zero attached hydrogens (tertiary/aromatic N) is 3. The lowest BCUT2D eigenvalue weighted by Gasteiger charge is -2.48. The Morgan fingerprint density at radius 2 is 1.60 bits per heavy atom. The fourth-order valence-electron chi connectivity index (χ4n) is 6.09. The van der Waals surface area contributed by atoms with Gasteiger partial charge in [-0.3, -0.25) is 9.59 Å². The van der Waals surface area contributed by atoms with Crippen LogP contribution in [0.1, 0.15) is 40.0 Å². The average Bonchev–Trinajstić information content (AvgIpc) is 3.09. The van der Waals surface area contributed by atoms with Crippen LogP contribution in [0, 0.1) is 0 Å². The molecule has 3 aliphatic heterocycles. The number of azide groups is 1. The maximum atomic E-state index is 12.6. The molecule has 16 atom stereocenters. The van der Waals surface area contributed by atoms with Gasteiger partial charge in [0.25, 0.3) is 5.79 Å². The second-order valence-electron chi connectivity index (χ2n) is 12.7. The molecule has 0 spiro atoms. The number of ether oxygens (including phenoxy) is 6. The first kappa shape index (κ1) is 43.6. The predicted molar refractivity (Wildman–Crippen MR) is 167 cm³/mol. The number of rotatable bonds is 17. The van der Waals surface area contributed by atoms with Crippen molar-refractivity contribution in [3.05, 3.63) is 10.4 Å². The number of hydrogen-bond acceptors (Lipinski definition) is 18. The number of carbonyl (C=O) groups is 3. The summed E-state index contributed by atoms with van der Waals surface area (Å²) in [7, 11) is 0. The van der Waals surface area contributed by atoms with E-state index in [1.807, 2.05) is 0 Å². The van der Waals surface area contributed by atoms with Crippen molar-refractivity contribution in [3.63, 3.8) is 0 Å². The molecule has 298 valence electrons. The molecule has 52 heavy (non-hydrogen) atoms. The Labute approximate surface area is 296 Å². The van der Waals surface area contributed by atoms with Crippen LogP contribution in [0.4, 0.5) is 0 Å². The van der Waals surface area contributed by atoms with Crippen LogP contribution in [0.5, 0.6) is 0 Å². The minimum absolute atomic E-state index is 0.0233. The summed E-state index contributed by atoms with van der Waals surface area (Å²) in [6.07, 6.45) is -23.0. The summed E-state index contributed by atoms with van der Waals surface area (Å²) in [5.41, 5.74) is 8.44. The van der Waals surface area contributed by atoms with E-state index < -0.39 is 135 Å². The minimum atomic E-state index is -2.77. The SMILES string of the molecule is CC[C@@H](O)[C@@H](O)C1O[C@@](OCC2O[C@@H](O[C@@H]3C(CO)O[C@@H](OCCCN=[N+]=[N-])C(NC(C)=O)[C@H]3O)C(O)[C@@H](O)[C@H]2O)(C(=O)O)C[C@@H](O)[C@H]1NC(C)=O. The minimum Gasteiger partial charge on any atom is -0.477 e. The quantitative estimate of drug-likeness (QED) is 0.0287. The highest BCUT2D eigenvalue weighted by atomic mass is 16.8. The van der Waals surface area contributed by atoms with Crippen molar-refractivity contribution in [2.45, 2.75) is 138 Å². The summed E-state index contributed by atoms with van der Waals surface area (Å²) >= 11 is 0. The Kier molecular flexibility index (Phi) is 16.3. The third-order valence-corrected chi connectivity index (χ3v) is 8.83. The highest BCUT2D eigenvalue weighted by Crippen LogP contribution is 2.36. The number of carboxylic acids is 1. The second kappa shape index (κ2) is 19.5. The van der Waals surface area contributed by atoms with E-state index in [0.717, 1.165) is 13.8 Å². The third kappa shape index (κ3) is 10.4. The first-order valence-electron chi connectivity index (χ1n) is 16.6. The van der Waals surface area contributed by atoms with Gasteiger partial charge in [-0.25, -0.2) is 4.79 Å². The van der Waals surface area contributed by atoms with Crippen molar-refractivity contribution in [3.8, 4) is 0 Å². The monoisotopic (exact) mass is 755 g/mol. The molecule has 0 bridgehead atoms. The van der Waals surface area contributed by atoms with Crippen LogP contribution in [-0.4, -0.2) is 188 Å². The van der Waals surface area contributed by atoms with Crippen molar-refractivity contribution in [2.24, 2.45) is 5.11 Å². The van der Waals surface area contributed by atoms with Crippen LogP contribution >= 0.6 is 0 Å². The summed E-state index contributed by atoms with van der Waals surface area (Å²) in [6.45, 7) is 2.05. The number of carboxylic acid groups (broad SMARTS) is 1. The molecule has 0 radical (unpaired) electrons. The van der Waals surface area contributed by atoms with Crippen LogP contribution in [0.25, 0.3) is 10.4 Å². The topological polar surface area (TPSA) is 361 Å². The van der Waals surface area contributed by atoms with Crippen LogP contribution in [0.2, 0.25) is 0 Å². The standard InChI is InChI=1S/C29H49N5O18/c1-4-13(38)19(40)25-17(32-11(2)36)14(39)8-29(52-25,28(45)46)48-10-16-20(41)22(43)23(44)27(50-16)51-24-15(9-35)49-26(47-7-5-6-31-34-30)18(21(24)42)33-12(3)37/h13-27,35,38-44H,4-10H2,1-3H3,(H,32,36)(H,33,37)(H,45,46)/t13-,14-,15?,16?,17-,18?,19-,20+,21-,22+,23?,24-,25?,26-,27+,29-/m1/s1. The molecule has 23 heteroatoms. The molecular weight excluding hydrogens is 706 g/mol. The number of amides is 2. The highest BCUT2D eigenvalue weighted by Gasteiger charge is 2.57. The number of nitrogens with one attached hydrogen (secondary N) is 2. The van der Waals surface area contributed by atoms with Crippen LogP contribution in [0.3, 0.4) is 0 Å². The summed E-state index contributed by atoms with van der Waals surface area (Å²) in [5, 5.41) is 104. The Balaban J connectivity index is 1.82. The molecule has 0 aromatic heterocycles. The maximum absolute atomic E-state index is 12.6. The van der Waals surface area contributed by atoms with E-state index in [2.05, 4.69) is 20.7 Å². The molecule has 3 fully saturated rings. The molecule has 3 aliphatic rings. The van der Waals surface area contributed by atoms with Gasteiger partial charge < -0.3 is 85.0 Å².